The molecule has 0 bridgehead atoms. The van der Waals surface area contributed by atoms with E-state index in [2.05, 4.69) is 10.3 Å². The quantitative estimate of drug-likeness (QED) is 0.394. The summed E-state index contributed by atoms with van der Waals surface area (Å²) in [7, 11) is 1.49. The molecule has 7 nitrogen and oxygen atoms in total. The Morgan fingerprint density at radius 1 is 1.33 bits per heavy atom. The van der Waals surface area contributed by atoms with Gasteiger partial charge in [0.25, 0.3) is 0 Å². The monoisotopic (exact) mass is 487 g/mol. The highest BCUT2D eigenvalue weighted by Gasteiger charge is 2.31. The van der Waals surface area contributed by atoms with Crippen LogP contribution < -0.4 is 10.1 Å². The Kier molecular flexibility index (Phi) is 8.66. The number of anilines is 1. The van der Waals surface area contributed by atoms with E-state index < -0.39 is 17.6 Å². The lowest BCUT2D eigenvalue weighted by molar-refractivity contribution is -0.137. The van der Waals surface area contributed by atoms with Crippen LogP contribution in [0.4, 0.5) is 18.9 Å². The Labute approximate surface area is 195 Å². The highest BCUT2D eigenvalue weighted by Crippen LogP contribution is 2.35. The summed E-state index contributed by atoms with van der Waals surface area (Å²) in [6.07, 6.45) is -2.43. The summed E-state index contributed by atoms with van der Waals surface area (Å²) in [5.74, 6) is -0.335. The summed E-state index contributed by atoms with van der Waals surface area (Å²) < 4.78 is 57.6. The van der Waals surface area contributed by atoms with Crippen molar-refractivity contribution in [3.63, 3.8) is 0 Å². The maximum absolute atomic E-state index is 13.2. The van der Waals surface area contributed by atoms with E-state index >= 15 is 0 Å². The number of aryl methyl sites for hydroxylation is 1. The minimum atomic E-state index is -4.54. The van der Waals surface area contributed by atoms with Crippen LogP contribution in [-0.2, 0) is 27.0 Å². The summed E-state index contributed by atoms with van der Waals surface area (Å²) >= 11 is 1.23. The van der Waals surface area contributed by atoms with Crippen molar-refractivity contribution in [1.82, 2.24) is 9.55 Å². The van der Waals surface area contributed by atoms with Crippen molar-refractivity contribution in [2.45, 2.75) is 50.7 Å². The normalized spacial score (nSPS) is 16.2. The van der Waals surface area contributed by atoms with E-state index in [0.29, 0.717) is 11.7 Å². The standard InChI is InChI=1S/C22H28F3N3O4S/c1-14-15(2)28(12-17-5-4-8-31-17)21(26-14)33-13-20(29)27-18-11-16(22(23,24)25)6-7-19(18)32-10-9-30-3/h6-7,11,17H,4-5,8-10,12-13H2,1-3H3,(H,27,29). The Balaban J connectivity index is 1.69. The Hall–Kier alpha value is -2.24. The molecule has 3 rings (SSSR count). The molecular weight excluding hydrogens is 459 g/mol. The van der Waals surface area contributed by atoms with Crippen molar-refractivity contribution in [2.75, 3.05) is 38.0 Å². The molecule has 33 heavy (non-hydrogen) atoms. The lowest BCUT2D eigenvalue weighted by atomic mass is 10.1. The zero-order chi connectivity index (χ0) is 24.0. The molecule has 182 valence electrons. The van der Waals surface area contributed by atoms with Crippen molar-refractivity contribution < 1.29 is 32.2 Å². The number of ether oxygens (including phenoxy) is 3. The van der Waals surface area contributed by atoms with Crippen molar-refractivity contribution in [3.8, 4) is 5.75 Å². The van der Waals surface area contributed by atoms with Crippen LogP contribution in [0, 0.1) is 13.8 Å². The number of carbonyl (C=O) groups is 1. The van der Waals surface area contributed by atoms with Gasteiger partial charge in [-0.1, -0.05) is 11.8 Å². The number of carbonyl (C=O) groups excluding carboxylic acids is 1. The number of rotatable bonds is 10. The second kappa shape index (κ2) is 11.3. The molecular formula is C22H28F3N3O4S. The zero-order valence-corrected chi connectivity index (χ0v) is 19.6. The van der Waals surface area contributed by atoms with Crippen molar-refractivity contribution in [2.24, 2.45) is 0 Å². The summed E-state index contributed by atoms with van der Waals surface area (Å²) in [4.78, 5) is 17.2. The molecule has 1 fully saturated rings. The molecule has 1 aromatic heterocycles. The first-order chi connectivity index (χ1) is 15.7. The van der Waals surface area contributed by atoms with Gasteiger partial charge in [0, 0.05) is 19.4 Å². The first kappa shape index (κ1) is 25.4. The van der Waals surface area contributed by atoms with Crippen molar-refractivity contribution in [1.29, 1.82) is 0 Å². The number of halogens is 3. The molecule has 1 aliphatic rings. The predicted molar refractivity (Wildman–Crippen MR) is 119 cm³/mol. The fourth-order valence-electron chi connectivity index (χ4n) is 3.42. The molecule has 11 heteroatoms. The van der Waals surface area contributed by atoms with Crippen LogP contribution in [0.25, 0.3) is 0 Å². The van der Waals surface area contributed by atoms with Gasteiger partial charge < -0.3 is 24.1 Å². The van der Waals surface area contributed by atoms with Crippen LogP contribution >= 0.6 is 11.8 Å². The largest absolute Gasteiger partial charge is 0.489 e. The van der Waals surface area contributed by atoms with Gasteiger partial charge >= 0.3 is 6.18 Å². The second-order valence-electron chi connectivity index (χ2n) is 7.70. The molecule has 1 unspecified atom stereocenters. The van der Waals surface area contributed by atoms with E-state index in [0.717, 1.165) is 43.0 Å². The fourth-order valence-corrected chi connectivity index (χ4v) is 4.32. The van der Waals surface area contributed by atoms with Crippen LogP contribution in [0.2, 0.25) is 0 Å². The predicted octanol–water partition coefficient (Wildman–Crippen LogP) is 4.45. The molecule has 2 aromatic rings. The van der Waals surface area contributed by atoms with Gasteiger partial charge in [-0.25, -0.2) is 4.98 Å². The number of hydrogen-bond acceptors (Lipinski definition) is 6. The first-order valence-corrected chi connectivity index (χ1v) is 11.6. The third kappa shape index (κ3) is 6.87. The van der Waals surface area contributed by atoms with Crippen molar-refractivity contribution in [3.05, 3.63) is 35.2 Å². The number of nitrogens with zero attached hydrogens (tertiary/aromatic N) is 2. The number of amides is 1. The second-order valence-corrected chi connectivity index (χ2v) is 8.64. The van der Waals surface area contributed by atoms with Gasteiger partial charge in [0.1, 0.15) is 12.4 Å². The molecule has 0 saturated carbocycles. The Bertz CT molecular complexity index is 959. The molecule has 2 heterocycles. The molecule has 1 aliphatic heterocycles. The number of aromatic nitrogens is 2. The lowest BCUT2D eigenvalue weighted by Gasteiger charge is -2.16. The number of methoxy groups -OCH3 is 1. The molecule has 1 N–H and O–H groups in total. The summed E-state index contributed by atoms with van der Waals surface area (Å²) in [5.41, 5.74) is 0.951. The van der Waals surface area contributed by atoms with Gasteiger partial charge in [0.2, 0.25) is 5.91 Å². The minimum Gasteiger partial charge on any atom is -0.489 e. The van der Waals surface area contributed by atoms with Gasteiger partial charge in [0.15, 0.2) is 5.16 Å². The molecule has 1 atom stereocenters. The van der Waals surface area contributed by atoms with Crippen LogP contribution in [0.15, 0.2) is 23.4 Å². The van der Waals surface area contributed by atoms with Gasteiger partial charge in [0.05, 0.1) is 42.0 Å². The van der Waals surface area contributed by atoms with Gasteiger partial charge in [-0.3, -0.25) is 4.79 Å². The Morgan fingerprint density at radius 2 is 2.12 bits per heavy atom. The zero-order valence-electron chi connectivity index (χ0n) is 18.8. The van der Waals surface area contributed by atoms with Crippen molar-refractivity contribution >= 4 is 23.4 Å². The maximum atomic E-state index is 13.2. The van der Waals surface area contributed by atoms with Crippen LogP contribution in [0.5, 0.6) is 5.75 Å². The number of alkyl halides is 3. The summed E-state index contributed by atoms with van der Waals surface area (Å²) in [6, 6.07) is 2.99. The third-order valence-corrected chi connectivity index (χ3v) is 6.27. The number of imidazole rings is 1. The maximum Gasteiger partial charge on any atom is 0.416 e. The highest BCUT2D eigenvalue weighted by atomic mass is 32.2. The average molecular weight is 488 g/mol. The summed E-state index contributed by atoms with van der Waals surface area (Å²) in [5, 5.41) is 3.22. The van der Waals surface area contributed by atoms with E-state index in [1.165, 1.54) is 24.9 Å². The minimum absolute atomic E-state index is 0.0187. The van der Waals surface area contributed by atoms with Gasteiger partial charge in [-0.05, 0) is 44.9 Å². The van der Waals surface area contributed by atoms with Gasteiger partial charge in [-0.2, -0.15) is 13.2 Å². The SMILES string of the molecule is COCCOc1ccc(C(F)(F)F)cc1NC(=O)CSc1nc(C)c(C)n1CC1CCCO1. The van der Waals surface area contributed by atoms with E-state index in [1.54, 1.807) is 0 Å². The number of hydrogen-bond donors (Lipinski definition) is 1. The van der Waals surface area contributed by atoms with E-state index in [1.807, 2.05) is 18.4 Å². The third-order valence-electron chi connectivity index (χ3n) is 5.29. The van der Waals surface area contributed by atoms with E-state index in [9.17, 15) is 18.0 Å². The van der Waals surface area contributed by atoms with E-state index in [-0.39, 0.29) is 36.5 Å². The number of thioether (sulfide) groups is 1. The lowest BCUT2D eigenvalue weighted by Crippen LogP contribution is -2.19. The molecule has 0 aliphatic carbocycles. The van der Waals surface area contributed by atoms with Gasteiger partial charge in [-0.15, -0.1) is 0 Å². The molecule has 1 saturated heterocycles. The van der Waals surface area contributed by atoms with Crippen LogP contribution in [0.1, 0.15) is 29.8 Å². The first-order valence-electron chi connectivity index (χ1n) is 10.6. The molecule has 1 amide bonds. The fraction of sp³-hybridized carbons (Fsp3) is 0.545. The molecule has 0 radical (unpaired) electrons. The van der Waals surface area contributed by atoms with Crippen LogP contribution in [-0.4, -0.2) is 54.2 Å². The summed E-state index contributed by atoms with van der Waals surface area (Å²) in [6.45, 7) is 5.66. The number of nitrogens with one attached hydrogen (secondary N) is 1. The van der Waals surface area contributed by atoms with E-state index in [4.69, 9.17) is 14.2 Å². The molecule has 1 aromatic carbocycles. The Morgan fingerprint density at radius 3 is 2.79 bits per heavy atom. The highest BCUT2D eigenvalue weighted by molar-refractivity contribution is 7.99. The molecule has 0 spiro atoms. The van der Waals surface area contributed by atoms with Crippen LogP contribution in [0.3, 0.4) is 0 Å². The topological polar surface area (TPSA) is 74.6 Å². The number of benzene rings is 1. The average Bonchev–Trinajstić information content (AvgIpc) is 3.36. The smallest absolute Gasteiger partial charge is 0.416 e.